The van der Waals surface area contributed by atoms with Gasteiger partial charge in [-0.15, -0.1) is 11.6 Å². The van der Waals surface area contributed by atoms with Crippen LogP contribution in [0.15, 0.2) is 12.1 Å². The summed E-state index contributed by atoms with van der Waals surface area (Å²) in [5.41, 5.74) is 2.36. The van der Waals surface area contributed by atoms with Crippen molar-refractivity contribution in [3.8, 4) is 0 Å². The molecule has 0 saturated heterocycles. The third-order valence-corrected chi connectivity index (χ3v) is 4.22. The molecule has 3 heteroatoms. The van der Waals surface area contributed by atoms with Crippen molar-refractivity contribution in [2.24, 2.45) is 0 Å². The minimum atomic E-state index is 0.0357. The summed E-state index contributed by atoms with van der Waals surface area (Å²) in [6.07, 6.45) is 1.07. The minimum Gasteiger partial charge on any atom is -0.355 e. The Morgan fingerprint density at radius 3 is 2.16 bits per heavy atom. The van der Waals surface area contributed by atoms with Crippen molar-refractivity contribution in [1.29, 1.82) is 0 Å². The van der Waals surface area contributed by atoms with Crippen LogP contribution in [0, 0.1) is 0 Å². The second-order valence-corrected chi connectivity index (χ2v) is 7.09. The molecule has 0 bridgehead atoms. The lowest BCUT2D eigenvalue weighted by Crippen LogP contribution is -2.41. The van der Waals surface area contributed by atoms with Crippen LogP contribution in [-0.4, -0.2) is 17.6 Å². The lowest BCUT2D eigenvalue weighted by atomic mass is 9.90. The van der Waals surface area contributed by atoms with Crippen molar-refractivity contribution < 1.29 is 0 Å². The Labute approximate surface area is 123 Å². The van der Waals surface area contributed by atoms with Crippen LogP contribution >= 0.6 is 11.6 Å². The third kappa shape index (κ3) is 3.85. The summed E-state index contributed by atoms with van der Waals surface area (Å²) in [7, 11) is 2.11. The normalized spacial score (nSPS) is 12.6. The first-order chi connectivity index (χ1) is 8.61. The van der Waals surface area contributed by atoms with Crippen molar-refractivity contribution in [2.45, 2.75) is 64.8 Å². The van der Waals surface area contributed by atoms with Gasteiger partial charge in [0.05, 0.1) is 0 Å². The Morgan fingerprint density at radius 2 is 1.74 bits per heavy atom. The topological polar surface area (TPSA) is 16.1 Å². The fraction of sp³-hybridized carbons (Fsp3) is 0.688. The van der Waals surface area contributed by atoms with Gasteiger partial charge in [0.2, 0.25) is 0 Å². The zero-order valence-corrected chi connectivity index (χ0v) is 14.1. The van der Waals surface area contributed by atoms with Crippen molar-refractivity contribution in [3.05, 3.63) is 23.4 Å². The average Bonchev–Trinajstić information content (AvgIpc) is 2.36. The summed E-state index contributed by atoms with van der Waals surface area (Å²) in [5.74, 6) is 1.54. The van der Waals surface area contributed by atoms with Gasteiger partial charge >= 0.3 is 0 Å². The summed E-state index contributed by atoms with van der Waals surface area (Å²) in [4.78, 5) is 7.08. The number of anilines is 1. The molecular formula is C16H27ClN2. The first-order valence-electron chi connectivity index (χ1n) is 6.93. The van der Waals surface area contributed by atoms with Gasteiger partial charge in [-0.2, -0.15) is 0 Å². The van der Waals surface area contributed by atoms with E-state index in [1.165, 1.54) is 0 Å². The lowest BCUT2D eigenvalue weighted by molar-refractivity contribution is 0.464. The molecule has 0 aliphatic carbocycles. The van der Waals surface area contributed by atoms with Gasteiger partial charge in [0.25, 0.3) is 0 Å². The molecule has 0 N–H and O–H groups in total. The van der Waals surface area contributed by atoms with Crippen LogP contribution < -0.4 is 4.90 Å². The minimum absolute atomic E-state index is 0.0357. The van der Waals surface area contributed by atoms with Gasteiger partial charge in [-0.05, 0) is 38.0 Å². The van der Waals surface area contributed by atoms with Crippen LogP contribution in [0.2, 0.25) is 0 Å². The van der Waals surface area contributed by atoms with E-state index in [1.54, 1.807) is 0 Å². The zero-order valence-electron chi connectivity index (χ0n) is 13.3. The van der Waals surface area contributed by atoms with Gasteiger partial charge < -0.3 is 4.90 Å². The van der Waals surface area contributed by atoms with E-state index in [9.17, 15) is 0 Å². The number of hydrogen-bond donors (Lipinski definition) is 0. The fourth-order valence-electron chi connectivity index (χ4n) is 1.75. The second-order valence-electron chi connectivity index (χ2n) is 6.83. The molecular weight excluding hydrogens is 256 g/mol. The Hall–Kier alpha value is -0.760. The van der Waals surface area contributed by atoms with Gasteiger partial charge in [0.1, 0.15) is 5.82 Å². The fourth-order valence-corrected chi connectivity index (χ4v) is 1.91. The Bertz CT molecular complexity index is 433. The number of halogens is 1. The van der Waals surface area contributed by atoms with E-state index in [2.05, 4.69) is 65.6 Å². The number of hydrogen-bond acceptors (Lipinski definition) is 2. The van der Waals surface area contributed by atoms with Crippen molar-refractivity contribution in [1.82, 2.24) is 4.98 Å². The summed E-state index contributed by atoms with van der Waals surface area (Å²) in [6, 6.07) is 4.21. The molecule has 0 aromatic carbocycles. The van der Waals surface area contributed by atoms with E-state index in [0.717, 1.165) is 23.5 Å². The van der Waals surface area contributed by atoms with Crippen molar-refractivity contribution in [2.75, 3.05) is 11.9 Å². The molecule has 0 fully saturated rings. The van der Waals surface area contributed by atoms with E-state index in [4.69, 9.17) is 16.6 Å². The maximum absolute atomic E-state index is 6.03. The summed E-state index contributed by atoms with van der Waals surface area (Å²) < 4.78 is 0. The standard InChI is InChI=1S/C16H27ClN2/c1-8-16(5,6)19(7)14-10-12(11-17)9-13(18-14)15(2,3)4/h9-10H,8,11H2,1-7H3. The number of aromatic nitrogens is 1. The number of alkyl halides is 1. The summed E-state index contributed by atoms with van der Waals surface area (Å²) in [5, 5.41) is 0. The molecule has 1 rings (SSSR count). The maximum atomic E-state index is 6.03. The van der Waals surface area contributed by atoms with E-state index in [1.807, 2.05) is 0 Å². The molecule has 1 aromatic heterocycles. The van der Waals surface area contributed by atoms with Crippen LogP contribution in [-0.2, 0) is 11.3 Å². The van der Waals surface area contributed by atoms with E-state index in [-0.39, 0.29) is 11.0 Å². The zero-order chi connectivity index (χ0) is 14.8. The molecule has 0 amide bonds. The quantitative estimate of drug-likeness (QED) is 0.741. The molecule has 0 spiro atoms. The lowest BCUT2D eigenvalue weighted by Gasteiger charge is -2.36. The van der Waals surface area contributed by atoms with Crippen LogP contribution in [0.5, 0.6) is 0 Å². The summed E-state index contributed by atoms with van der Waals surface area (Å²) >= 11 is 6.03. The first-order valence-corrected chi connectivity index (χ1v) is 7.46. The van der Waals surface area contributed by atoms with Gasteiger partial charge in [-0.25, -0.2) is 4.98 Å². The molecule has 0 atom stereocenters. The van der Waals surface area contributed by atoms with Gasteiger partial charge in [0.15, 0.2) is 0 Å². The van der Waals surface area contributed by atoms with Crippen LogP contribution in [0.25, 0.3) is 0 Å². The maximum Gasteiger partial charge on any atom is 0.129 e. The molecule has 0 radical (unpaired) electrons. The summed E-state index contributed by atoms with van der Waals surface area (Å²) in [6.45, 7) is 13.2. The second kappa shape index (κ2) is 5.70. The SMILES string of the molecule is CCC(C)(C)N(C)c1cc(CCl)cc(C(C)(C)C)n1. The van der Waals surface area contributed by atoms with Gasteiger partial charge in [-0.3, -0.25) is 0 Å². The van der Waals surface area contributed by atoms with E-state index in [0.29, 0.717) is 5.88 Å². The molecule has 0 aliphatic heterocycles. The monoisotopic (exact) mass is 282 g/mol. The molecule has 1 aromatic rings. The number of rotatable bonds is 4. The highest BCUT2D eigenvalue weighted by atomic mass is 35.5. The molecule has 0 saturated carbocycles. The first kappa shape index (κ1) is 16.3. The van der Waals surface area contributed by atoms with Crippen molar-refractivity contribution >= 4 is 17.4 Å². The van der Waals surface area contributed by atoms with Crippen LogP contribution in [0.1, 0.15) is 59.2 Å². The molecule has 2 nitrogen and oxygen atoms in total. The molecule has 19 heavy (non-hydrogen) atoms. The highest BCUT2D eigenvalue weighted by Crippen LogP contribution is 2.28. The van der Waals surface area contributed by atoms with Crippen LogP contribution in [0.4, 0.5) is 5.82 Å². The molecule has 1 heterocycles. The molecule has 0 unspecified atom stereocenters. The van der Waals surface area contributed by atoms with Crippen molar-refractivity contribution in [3.63, 3.8) is 0 Å². The highest BCUT2D eigenvalue weighted by molar-refractivity contribution is 6.17. The van der Waals surface area contributed by atoms with Crippen LogP contribution in [0.3, 0.4) is 0 Å². The molecule has 108 valence electrons. The highest BCUT2D eigenvalue weighted by Gasteiger charge is 2.24. The number of pyridine rings is 1. The van der Waals surface area contributed by atoms with Gasteiger partial charge in [0, 0.05) is 29.6 Å². The Kier molecular flexibility index (Phi) is 4.89. The smallest absolute Gasteiger partial charge is 0.129 e. The number of nitrogens with zero attached hydrogens (tertiary/aromatic N) is 2. The molecule has 0 aliphatic rings. The predicted molar refractivity (Wildman–Crippen MR) is 85.3 cm³/mol. The van der Waals surface area contributed by atoms with E-state index < -0.39 is 0 Å². The Balaban J connectivity index is 3.28. The predicted octanol–water partition coefficient (Wildman–Crippen LogP) is 4.74. The third-order valence-electron chi connectivity index (χ3n) is 3.91. The van der Waals surface area contributed by atoms with Gasteiger partial charge in [-0.1, -0.05) is 27.7 Å². The Morgan fingerprint density at radius 1 is 1.16 bits per heavy atom. The average molecular weight is 283 g/mol. The van der Waals surface area contributed by atoms with E-state index >= 15 is 0 Å². The largest absolute Gasteiger partial charge is 0.355 e.